The molecule has 4 heterocycles. The van der Waals surface area contributed by atoms with Gasteiger partial charge in [0.1, 0.15) is 5.54 Å². The minimum atomic E-state index is -1.44. The number of anilines is 3. The SMILES string of the molecule is CC(=O)Nc1ccc(N2C(=O)[C@H]3[C@@H](C2=O)[C@@]2(N[C@@H]3Cc3c[nH]c4ccccc34)C(=O)Nc3c2ccc(Cl)c3C)cc1. The average Bonchev–Trinajstić information content (AvgIpc) is 3.66. The number of aromatic amines is 1. The Morgan fingerprint density at radius 1 is 1.02 bits per heavy atom. The summed E-state index contributed by atoms with van der Waals surface area (Å²) in [5.41, 5.74) is 3.33. The standard InChI is InChI=1S/C31H26ClN5O4/c1-15-22(32)12-11-21-27(15)35-30(41)31(21)26-25(24(36-31)13-17-14-33-23-6-4-3-5-20(17)23)28(39)37(29(26)40)19-9-7-18(8-10-19)34-16(2)38/h3-12,14,24-26,33,36H,13H2,1-2H3,(H,34,38)(H,35,41)/t24-,25-,26+,31-/m1/s1. The van der Waals surface area contributed by atoms with Crippen molar-refractivity contribution in [1.82, 2.24) is 10.3 Å². The molecule has 7 rings (SSSR count). The van der Waals surface area contributed by atoms with Crippen molar-refractivity contribution in [3.05, 3.63) is 88.6 Å². The number of hydrogen-bond donors (Lipinski definition) is 4. The summed E-state index contributed by atoms with van der Waals surface area (Å²) in [4.78, 5) is 58.3. The van der Waals surface area contributed by atoms with E-state index in [1.807, 2.05) is 37.4 Å². The number of aromatic nitrogens is 1. The number of benzene rings is 3. The highest BCUT2D eigenvalue weighted by molar-refractivity contribution is 6.32. The molecule has 4 atom stereocenters. The lowest BCUT2D eigenvalue weighted by atomic mass is 9.76. The number of rotatable bonds is 4. The van der Waals surface area contributed by atoms with E-state index in [4.69, 9.17) is 11.6 Å². The fourth-order valence-electron chi connectivity index (χ4n) is 6.85. The van der Waals surface area contributed by atoms with Gasteiger partial charge in [-0.2, -0.15) is 0 Å². The van der Waals surface area contributed by atoms with Crippen LogP contribution in [0.1, 0.15) is 23.6 Å². The maximum absolute atomic E-state index is 14.3. The molecule has 0 unspecified atom stereocenters. The van der Waals surface area contributed by atoms with Gasteiger partial charge in [-0.1, -0.05) is 35.9 Å². The van der Waals surface area contributed by atoms with Gasteiger partial charge in [0.25, 0.3) is 0 Å². The van der Waals surface area contributed by atoms with Crippen LogP contribution in [0.25, 0.3) is 10.9 Å². The Bertz CT molecular complexity index is 1800. The summed E-state index contributed by atoms with van der Waals surface area (Å²) in [5, 5.41) is 10.7. The van der Waals surface area contributed by atoms with Crippen molar-refractivity contribution in [3.63, 3.8) is 0 Å². The van der Waals surface area contributed by atoms with E-state index in [0.29, 0.717) is 39.6 Å². The third-order valence-corrected chi connectivity index (χ3v) is 9.05. The smallest absolute Gasteiger partial charge is 0.250 e. The largest absolute Gasteiger partial charge is 0.361 e. The van der Waals surface area contributed by atoms with Crippen LogP contribution in [-0.4, -0.2) is 34.7 Å². The molecule has 2 saturated heterocycles. The summed E-state index contributed by atoms with van der Waals surface area (Å²) in [6.07, 6.45) is 2.34. The molecule has 3 aliphatic heterocycles. The first-order valence-electron chi connectivity index (χ1n) is 13.4. The van der Waals surface area contributed by atoms with Crippen molar-refractivity contribution in [2.24, 2.45) is 11.8 Å². The fourth-order valence-corrected chi connectivity index (χ4v) is 7.01. The number of imide groups is 1. The molecule has 4 amide bonds. The van der Waals surface area contributed by atoms with Crippen molar-refractivity contribution >= 4 is 63.2 Å². The molecule has 0 saturated carbocycles. The van der Waals surface area contributed by atoms with E-state index in [1.165, 1.54) is 11.8 Å². The van der Waals surface area contributed by atoms with Gasteiger partial charge < -0.3 is 15.6 Å². The van der Waals surface area contributed by atoms with Gasteiger partial charge in [-0.3, -0.25) is 24.5 Å². The van der Waals surface area contributed by atoms with Gasteiger partial charge in [-0.25, -0.2) is 4.90 Å². The van der Waals surface area contributed by atoms with Crippen LogP contribution in [0.15, 0.2) is 66.9 Å². The Morgan fingerprint density at radius 2 is 1.78 bits per heavy atom. The van der Waals surface area contributed by atoms with Crippen LogP contribution >= 0.6 is 11.6 Å². The Kier molecular flexibility index (Phi) is 5.61. The molecule has 0 bridgehead atoms. The Morgan fingerprint density at radius 3 is 2.54 bits per heavy atom. The average molecular weight is 568 g/mol. The minimum absolute atomic E-state index is 0.227. The van der Waals surface area contributed by atoms with Crippen molar-refractivity contribution < 1.29 is 19.2 Å². The number of nitrogens with zero attached hydrogens (tertiary/aromatic N) is 1. The number of hydrogen-bond acceptors (Lipinski definition) is 5. The van der Waals surface area contributed by atoms with Gasteiger partial charge in [0.15, 0.2) is 0 Å². The molecule has 0 aliphatic carbocycles. The summed E-state index contributed by atoms with van der Waals surface area (Å²) >= 11 is 6.39. The number of amides is 4. The summed E-state index contributed by atoms with van der Waals surface area (Å²) in [6.45, 7) is 3.23. The number of carbonyl (C=O) groups excluding carboxylic acids is 4. The number of H-pyrrole nitrogens is 1. The van der Waals surface area contributed by atoms with Gasteiger partial charge in [0, 0.05) is 46.3 Å². The first-order chi connectivity index (χ1) is 19.7. The zero-order valence-electron chi connectivity index (χ0n) is 22.2. The number of fused-ring (bicyclic) bond motifs is 5. The maximum atomic E-state index is 14.3. The van der Waals surface area contributed by atoms with E-state index in [2.05, 4.69) is 20.9 Å². The fraction of sp³-hybridized carbons (Fsp3) is 0.226. The van der Waals surface area contributed by atoms with Gasteiger partial charge in [0.05, 0.1) is 23.2 Å². The van der Waals surface area contributed by atoms with Crippen LogP contribution in [-0.2, 0) is 31.1 Å². The topological polar surface area (TPSA) is 123 Å². The molecular weight excluding hydrogens is 542 g/mol. The van der Waals surface area contributed by atoms with E-state index in [0.717, 1.165) is 16.5 Å². The van der Waals surface area contributed by atoms with Crippen LogP contribution in [0.3, 0.4) is 0 Å². The molecule has 1 aromatic heterocycles. The molecule has 3 aliphatic rings. The van der Waals surface area contributed by atoms with Gasteiger partial charge in [0.2, 0.25) is 23.6 Å². The van der Waals surface area contributed by atoms with Crippen LogP contribution in [0, 0.1) is 18.8 Å². The second kappa shape index (κ2) is 9.02. The van der Waals surface area contributed by atoms with Crippen molar-refractivity contribution in [2.75, 3.05) is 15.5 Å². The zero-order valence-corrected chi connectivity index (χ0v) is 23.0. The third-order valence-electron chi connectivity index (χ3n) is 8.65. The first kappa shape index (κ1) is 25.5. The molecule has 206 valence electrons. The maximum Gasteiger partial charge on any atom is 0.250 e. The molecule has 10 heteroatoms. The molecule has 2 fully saturated rings. The highest BCUT2D eigenvalue weighted by atomic mass is 35.5. The highest BCUT2D eigenvalue weighted by Crippen LogP contribution is 2.55. The number of halogens is 1. The second-order valence-corrected chi connectivity index (χ2v) is 11.3. The summed E-state index contributed by atoms with van der Waals surface area (Å²) in [7, 11) is 0. The molecule has 4 aromatic rings. The molecule has 9 nitrogen and oxygen atoms in total. The van der Waals surface area contributed by atoms with Gasteiger partial charge in [-0.15, -0.1) is 0 Å². The molecular formula is C31H26ClN5O4. The number of para-hydroxylation sites is 1. The lowest BCUT2D eigenvalue weighted by Crippen LogP contribution is -2.53. The second-order valence-electron chi connectivity index (χ2n) is 10.9. The quantitative estimate of drug-likeness (QED) is 0.274. The Hall–Kier alpha value is -4.47. The van der Waals surface area contributed by atoms with Gasteiger partial charge in [-0.05, 0) is 60.9 Å². The van der Waals surface area contributed by atoms with E-state index >= 15 is 0 Å². The predicted octanol–water partition coefficient (Wildman–Crippen LogP) is 4.26. The molecule has 1 spiro atoms. The molecule has 4 N–H and O–H groups in total. The van der Waals surface area contributed by atoms with Crippen LogP contribution in [0.4, 0.5) is 17.1 Å². The summed E-state index contributed by atoms with van der Waals surface area (Å²) in [5.74, 6) is -3.18. The van der Waals surface area contributed by atoms with Crippen molar-refractivity contribution in [3.8, 4) is 0 Å². The van der Waals surface area contributed by atoms with E-state index in [1.54, 1.807) is 36.4 Å². The number of nitrogens with one attached hydrogen (secondary N) is 4. The van der Waals surface area contributed by atoms with Crippen LogP contribution < -0.4 is 20.9 Å². The molecule has 3 aromatic carbocycles. The first-order valence-corrected chi connectivity index (χ1v) is 13.8. The highest BCUT2D eigenvalue weighted by Gasteiger charge is 2.70. The lowest BCUT2D eigenvalue weighted by molar-refractivity contribution is -0.130. The van der Waals surface area contributed by atoms with E-state index < -0.39 is 29.3 Å². The summed E-state index contributed by atoms with van der Waals surface area (Å²) < 4.78 is 0. The zero-order chi connectivity index (χ0) is 28.6. The lowest BCUT2D eigenvalue weighted by Gasteiger charge is -2.29. The Balaban J connectivity index is 1.35. The van der Waals surface area contributed by atoms with Crippen molar-refractivity contribution in [2.45, 2.75) is 31.8 Å². The van der Waals surface area contributed by atoms with Gasteiger partial charge >= 0.3 is 0 Å². The third kappa shape index (κ3) is 3.59. The number of carbonyl (C=O) groups is 4. The monoisotopic (exact) mass is 567 g/mol. The van der Waals surface area contributed by atoms with Crippen molar-refractivity contribution in [1.29, 1.82) is 0 Å². The summed E-state index contributed by atoms with van der Waals surface area (Å²) in [6, 6.07) is 17.4. The Labute approximate surface area is 240 Å². The normalized spacial score (nSPS) is 24.7. The van der Waals surface area contributed by atoms with Crippen LogP contribution in [0.2, 0.25) is 5.02 Å². The van der Waals surface area contributed by atoms with E-state index in [-0.39, 0.29) is 17.7 Å². The van der Waals surface area contributed by atoms with Crippen LogP contribution in [0.5, 0.6) is 0 Å². The van der Waals surface area contributed by atoms with E-state index in [9.17, 15) is 19.2 Å². The minimum Gasteiger partial charge on any atom is -0.361 e. The predicted molar refractivity (Wildman–Crippen MR) is 156 cm³/mol. The molecule has 0 radical (unpaired) electrons. The molecule has 41 heavy (non-hydrogen) atoms.